The lowest BCUT2D eigenvalue weighted by Crippen LogP contribution is -2.25. The lowest BCUT2D eigenvalue weighted by molar-refractivity contribution is 0.402. The van der Waals surface area contributed by atoms with Crippen molar-refractivity contribution in [3.05, 3.63) is 53.7 Å². The molecule has 1 aromatic carbocycles. The van der Waals surface area contributed by atoms with E-state index in [1.165, 1.54) is 7.11 Å². The number of benzene rings is 1. The van der Waals surface area contributed by atoms with Crippen molar-refractivity contribution in [3.8, 4) is 17.0 Å². The largest absolute Gasteiger partial charge is 0.495 e. The van der Waals surface area contributed by atoms with Crippen molar-refractivity contribution >= 4 is 26.5 Å². The predicted octanol–water partition coefficient (Wildman–Crippen LogP) is 4.08. The Labute approximate surface area is 181 Å². The Kier molecular flexibility index (Phi) is 7.78. The highest BCUT2D eigenvalue weighted by Crippen LogP contribution is 2.25. The maximum absolute atomic E-state index is 12.5. The lowest BCUT2D eigenvalue weighted by Gasteiger charge is -2.11. The maximum Gasteiger partial charge on any atom is 0.244 e. The topological polar surface area (TPSA) is 93.2 Å². The molecule has 0 atom stereocenters. The number of hydrogen-bond donors (Lipinski definition) is 2. The standard InChI is InChI=1S/C21H26N4O3S2/c1-16-6-7-19(28-2)20(14-16)30(26,27)24-11-5-3-4-10-23-21-25-18(15-29-21)17-8-12-22-13-9-17/h6-9,12-15,24H,3-5,10-11H2,1-2H3,(H,23,25). The molecule has 2 heterocycles. The number of thiazole rings is 1. The van der Waals surface area contributed by atoms with Gasteiger partial charge in [0.15, 0.2) is 5.13 Å². The molecule has 0 radical (unpaired) electrons. The molecule has 7 nitrogen and oxygen atoms in total. The number of ether oxygens (including phenoxy) is 1. The third-order valence-electron chi connectivity index (χ3n) is 4.51. The van der Waals surface area contributed by atoms with Crippen molar-refractivity contribution in [3.63, 3.8) is 0 Å². The van der Waals surface area contributed by atoms with E-state index in [4.69, 9.17) is 4.74 Å². The zero-order valence-electron chi connectivity index (χ0n) is 17.1. The van der Waals surface area contributed by atoms with E-state index in [1.807, 2.05) is 30.5 Å². The molecule has 0 spiro atoms. The number of nitrogens with one attached hydrogen (secondary N) is 2. The van der Waals surface area contributed by atoms with Gasteiger partial charge in [-0.05, 0) is 49.6 Å². The molecule has 2 N–H and O–H groups in total. The van der Waals surface area contributed by atoms with E-state index in [2.05, 4.69) is 20.0 Å². The summed E-state index contributed by atoms with van der Waals surface area (Å²) in [6, 6.07) is 9.00. The van der Waals surface area contributed by atoms with E-state index < -0.39 is 10.0 Å². The number of rotatable bonds is 11. The van der Waals surface area contributed by atoms with Crippen LogP contribution in [0.25, 0.3) is 11.3 Å². The Morgan fingerprint density at radius 1 is 1.07 bits per heavy atom. The predicted molar refractivity (Wildman–Crippen MR) is 121 cm³/mol. The van der Waals surface area contributed by atoms with Crippen LogP contribution in [-0.4, -0.2) is 38.6 Å². The van der Waals surface area contributed by atoms with Gasteiger partial charge in [0.1, 0.15) is 10.6 Å². The lowest BCUT2D eigenvalue weighted by atomic mass is 10.2. The summed E-state index contributed by atoms with van der Waals surface area (Å²) in [7, 11) is -2.12. The number of aryl methyl sites for hydroxylation is 1. The molecule has 0 amide bonds. The highest BCUT2D eigenvalue weighted by atomic mass is 32.2. The van der Waals surface area contributed by atoms with Gasteiger partial charge in [-0.15, -0.1) is 11.3 Å². The highest BCUT2D eigenvalue weighted by Gasteiger charge is 2.18. The first-order valence-corrected chi connectivity index (χ1v) is 12.1. The van der Waals surface area contributed by atoms with Crippen molar-refractivity contribution in [1.82, 2.24) is 14.7 Å². The van der Waals surface area contributed by atoms with E-state index >= 15 is 0 Å². The SMILES string of the molecule is COc1ccc(C)cc1S(=O)(=O)NCCCCCNc1nc(-c2ccncc2)cs1. The number of pyridine rings is 1. The maximum atomic E-state index is 12.5. The number of methoxy groups -OCH3 is 1. The van der Waals surface area contributed by atoms with Gasteiger partial charge in [0.2, 0.25) is 10.0 Å². The van der Waals surface area contributed by atoms with Crippen LogP contribution in [0.4, 0.5) is 5.13 Å². The van der Waals surface area contributed by atoms with Gasteiger partial charge in [0.25, 0.3) is 0 Å². The normalized spacial score (nSPS) is 11.4. The van der Waals surface area contributed by atoms with E-state index in [0.29, 0.717) is 12.3 Å². The Morgan fingerprint density at radius 2 is 1.83 bits per heavy atom. The van der Waals surface area contributed by atoms with Crippen LogP contribution >= 0.6 is 11.3 Å². The molecule has 0 saturated heterocycles. The smallest absolute Gasteiger partial charge is 0.244 e. The van der Waals surface area contributed by atoms with Gasteiger partial charge in [-0.3, -0.25) is 4.98 Å². The number of sulfonamides is 1. The van der Waals surface area contributed by atoms with E-state index in [-0.39, 0.29) is 4.90 Å². The van der Waals surface area contributed by atoms with Crippen molar-refractivity contribution in [2.75, 3.05) is 25.5 Å². The average Bonchev–Trinajstić information content (AvgIpc) is 3.22. The van der Waals surface area contributed by atoms with Crippen LogP contribution in [0.5, 0.6) is 5.75 Å². The quantitative estimate of drug-likeness (QED) is 0.431. The number of unbranched alkanes of at least 4 members (excludes halogenated alkanes) is 2. The third kappa shape index (κ3) is 6.01. The molecule has 0 unspecified atom stereocenters. The molecule has 3 rings (SSSR count). The Balaban J connectivity index is 1.38. The first kappa shape index (κ1) is 22.2. The molecule has 160 valence electrons. The molecule has 0 bridgehead atoms. The van der Waals surface area contributed by atoms with E-state index in [1.54, 1.807) is 35.9 Å². The summed E-state index contributed by atoms with van der Waals surface area (Å²) in [5.41, 5.74) is 2.86. The fourth-order valence-electron chi connectivity index (χ4n) is 2.91. The molecule has 9 heteroatoms. The molecule has 0 fully saturated rings. The first-order valence-electron chi connectivity index (χ1n) is 9.74. The molecule has 0 aliphatic carbocycles. The van der Waals surface area contributed by atoms with Gasteiger partial charge in [0, 0.05) is 36.4 Å². The van der Waals surface area contributed by atoms with Crippen molar-refractivity contribution in [1.29, 1.82) is 0 Å². The fourth-order valence-corrected chi connectivity index (χ4v) is 4.98. The van der Waals surface area contributed by atoms with Crippen LogP contribution in [-0.2, 0) is 10.0 Å². The summed E-state index contributed by atoms with van der Waals surface area (Å²) in [4.78, 5) is 8.78. The Morgan fingerprint density at radius 3 is 2.60 bits per heavy atom. The van der Waals surface area contributed by atoms with Crippen LogP contribution in [0.2, 0.25) is 0 Å². The summed E-state index contributed by atoms with van der Waals surface area (Å²) < 4.78 is 32.9. The van der Waals surface area contributed by atoms with Gasteiger partial charge in [-0.2, -0.15) is 0 Å². The van der Waals surface area contributed by atoms with Crippen molar-refractivity contribution in [2.24, 2.45) is 0 Å². The Hall–Kier alpha value is -2.49. The Bertz CT molecular complexity index is 1050. The molecule has 3 aromatic rings. The van der Waals surface area contributed by atoms with E-state index in [0.717, 1.165) is 47.8 Å². The van der Waals surface area contributed by atoms with Crippen molar-refractivity contribution in [2.45, 2.75) is 31.1 Å². The summed E-state index contributed by atoms with van der Waals surface area (Å²) in [5, 5.41) is 6.23. The molecule has 0 aliphatic heterocycles. The summed E-state index contributed by atoms with van der Waals surface area (Å²) in [5.74, 6) is 0.354. The molecule has 0 aliphatic rings. The number of anilines is 1. The number of nitrogens with zero attached hydrogens (tertiary/aromatic N) is 2. The number of aromatic nitrogens is 2. The molecular formula is C21H26N4O3S2. The summed E-state index contributed by atoms with van der Waals surface area (Å²) in [6.45, 7) is 3.04. The minimum Gasteiger partial charge on any atom is -0.495 e. The zero-order chi connectivity index (χ0) is 21.4. The minimum absolute atomic E-state index is 0.181. The highest BCUT2D eigenvalue weighted by molar-refractivity contribution is 7.89. The van der Waals surface area contributed by atoms with Crippen LogP contribution in [0.15, 0.2) is 53.0 Å². The number of hydrogen-bond acceptors (Lipinski definition) is 7. The summed E-state index contributed by atoms with van der Waals surface area (Å²) in [6.07, 6.45) is 6.11. The second-order valence-corrected chi connectivity index (χ2v) is 9.41. The zero-order valence-corrected chi connectivity index (χ0v) is 18.7. The van der Waals surface area contributed by atoms with Gasteiger partial charge in [-0.25, -0.2) is 18.1 Å². The monoisotopic (exact) mass is 446 g/mol. The second kappa shape index (κ2) is 10.5. The van der Waals surface area contributed by atoms with Crippen LogP contribution < -0.4 is 14.8 Å². The molecule has 30 heavy (non-hydrogen) atoms. The van der Waals surface area contributed by atoms with Gasteiger partial charge in [0.05, 0.1) is 12.8 Å². The minimum atomic E-state index is -3.59. The molecule has 2 aromatic heterocycles. The fraction of sp³-hybridized carbons (Fsp3) is 0.333. The van der Waals surface area contributed by atoms with Gasteiger partial charge in [-0.1, -0.05) is 12.5 Å². The summed E-state index contributed by atoms with van der Waals surface area (Å²) >= 11 is 1.57. The average molecular weight is 447 g/mol. The first-order chi connectivity index (χ1) is 14.5. The van der Waals surface area contributed by atoms with Crippen LogP contribution in [0, 0.1) is 6.92 Å². The molecular weight excluding hydrogens is 420 g/mol. The second-order valence-electron chi connectivity index (χ2n) is 6.81. The van der Waals surface area contributed by atoms with Crippen molar-refractivity contribution < 1.29 is 13.2 Å². The molecule has 0 saturated carbocycles. The third-order valence-corrected chi connectivity index (χ3v) is 6.79. The van der Waals surface area contributed by atoms with Crippen LogP contribution in [0.1, 0.15) is 24.8 Å². The van der Waals surface area contributed by atoms with Gasteiger partial charge >= 0.3 is 0 Å². The van der Waals surface area contributed by atoms with E-state index in [9.17, 15) is 8.42 Å². The van der Waals surface area contributed by atoms with Gasteiger partial charge < -0.3 is 10.1 Å². The van der Waals surface area contributed by atoms with Crippen LogP contribution in [0.3, 0.4) is 0 Å².